The molecular formula is C21H28Cl2N4O2. The van der Waals surface area contributed by atoms with Crippen LogP contribution >= 0.6 is 24.8 Å². The van der Waals surface area contributed by atoms with Crippen molar-refractivity contribution in [2.45, 2.75) is 26.9 Å². The molecule has 29 heavy (non-hydrogen) atoms. The van der Waals surface area contributed by atoms with Gasteiger partial charge < -0.3 is 19.8 Å². The maximum Gasteiger partial charge on any atom is 0.255 e. The van der Waals surface area contributed by atoms with Crippen molar-refractivity contribution in [3.63, 3.8) is 0 Å². The number of fused-ring (bicyclic) bond motifs is 1. The predicted molar refractivity (Wildman–Crippen MR) is 121 cm³/mol. The number of carbonyl (C=O) groups excluding carboxylic acids is 1. The van der Waals surface area contributed by atoms with Crippen LogP contribution in [-0.4, -0.2) is 34.9 Å². The number of ether oxygens (including phenoxy) is 1. The normalized spacial score (nSPS) is 10.1. The summed E-state index contributed by atoms with van der Waals surface area (Å²) in [5.74, 6) is 0.430. The zero-order chi connectivity index (χ0) is 19.1. The first kappa shape index (κ1) is 24.8. The van der Waals surface area contributed by atoms with E-state index in [1.165, 1.54) is 5.56 Å². The maximum absolute atomic E-state index is 12.4. The fourth-order valence-electron chi connectivity index (χ4n) is 2.82. The first-order chi connectivity index (χ1) is 13.2. The smallest absolute Gasteiger partial charge is 0.255 e. The average Bonchev–Trinajstić information content (AvgIpc) is 3.08. The standard InChI is InChI=1S/C21H26N4O2.2ClH/c1-3-10-22-11-12-23-21(26)18-6-4-5-7-19(18)27-15-17-14-25-13-16(2)8-9-20(25)24-17;;/h4-9,13-14,22H,3,10-12,15H2,1-2H3,(H,23,26);2*1H. The van der Waals surface area contributed by atoms with Gasteiger partial charge in [0.25, 0.3) is 5.91 Å². The minimum Gasteiger partial charge on any atom is -0.486 e. The second kappa shape index (κ2) is 12.3. The van der Waals surface area contributed by atoms with Crippen LogP contribution in [0.25, 0.3) is 5.65 Å². The number of para-hydroxylation sites is 1. The lowest BCUT2D eigenvalue weighted by Crippen LogP contribution is -2.32. The Morgan fingerprint density at radius 2 is 1.86 bits per heavy atom. The molecule has 1 aromatic carbocycles. The van der Waals surface area contributed by atoms with Crippen LogP contribution in [0.3, 0.4) is 0 Å². The molecule has 0 atom stereocenters. The van der Waals surface area contributed by atoms with Crippen molar-refractivity contribution in [3.05, 3.63) is 65.6 Å². The number of nitrogens with one attached hydrogen (secondary N) is 2. The number of pyridine rings is 1. The molecule has 3 rings (SSSR count). The number of benzene rings is 1. The number of imidazole rings is 1. The molecule has 2 heterocycles. The van der Waals surface area contributed by atoms with Gasteiger partial charge in [-0.05, 0) is 43.7 Å². The number of nitrogens with zero attached hydrogens (tertiary/aromatic N) is 2. The summed E-state index contributed by atoms with van der Waals surface area (Å²) >= 11 is 0. The van der Waals surface area contributed by atoms with Crippen LogP contribution in [-0.2, 0) is 6.61 Å². The first-order valence-electron chi connectivity index (χ1n) is 9.32. The van der Waals surface area contributed by atoms with Crippen molar-refractivity contribution < 1.29 is 9.53 Å². The topological polar surface area (TPSA) is 67.7 Å². The van der Waals surface area contributed by atoms with Crippen molar-refractivity contribution in [1.82, 2.24) is 20.0 Å². The fraction of sp³-hybridized carbons (Fsp3) is 0.333. The molecule has 8 heteroatoms. The summed E-state index contributed by atoms with van der Waals surface area (Å²) in [7, 11) is 0. The molecule has 2 aromatic heterocycles. The van der Waals surface area contributed by atoms with Gasteiger partial charge in [0.2, 0.25) is 0 Å². The van der Waals surface area contributed by atoms with Gasteiger partial charge in [-0.3, -0.25) is 4.79 Å². The van der Waals surface area contributed by atoms with E-state index in [4.69, 9.17) is 4.74 Å². The number of hydrogen-bond acceptors (Lipinski definition) is 4. The van der Waals surface area contributed by atoms with Gasteiger partial charge in [0, 0.05) is 25.5 Å². The Bertz CT molecular complexity index is 915. The number of halogens is 2. The van der Waals surface area contributed by atoms with Crippen LogP contribution in [0.2, 0.25) is 0 Å². The summed E-state index contributed by atoms with van der Waals surface area (Å²) < 4.78 is 7.88. The van der Waals surface area contributed by atoms with E-state index >= 15 is 0 Å². The Balaban J connectivity index is 0.00000210. The Morgan fingerprint density at radius 3 is 2.66 bits per heavy atom. The molecule has 0 aliphatic heterocycles. The third-order valence-corrected chi connectivity index (χ3v) is 4.17. The van der Waals surface area contributed by atoms with Crippen LogP contribution < -0.4 is 15.4 Å². The second-order valence-electron chi connectivity index (χ2n) is 6.49. The number of carbonyl (C=O) groups is 1. The molecule has 0 spiro atoms. The number of aromatic nitrogens is 2. The van der Waals surface area contributed by atoms with Gasteiger partial charge in [0.05, 0.1) is 11.3 Å². The van der Waals surface area contributed by atoms with E-state index in [0.717, 1.165) is 30.9 Å². The molecule has 0 radical (unpaired) electrons. The monoisotopic (exact) mass is 438 g/mol. The molecule has 0 fully saturated rings. The van der Waals surface area contributed by atoms with Crippen molar-refractivity contribution in [2.24, 2.45) is 0 Å². The summed E-state index contributed by atoms with van der Waals surface area (Å²) in [6.45, 7) is 6.76. The molecule has 1 amide bonds. The molecule has 0 bridgehead atoms. The average molecular weight is 439 g/mol. The number of aryl methyl sites for hydroxylation is 1. The van der Waals surface area contributed by atoms with Crippen LogP contribution in [0.1, 0.15) is 35.0 Å². The fourth-order valence-corrected chi connectivity index (χ4v) is 2.82. The molecule has 0 aliphatic rings. The summed E-state index contributed by atoms with van der Waals surface area (Å²) in [6, 6.07) is 11.3. The minimum absolute atomic E-state index is 0. The summed E-state index contributed by atoms with van der Waals surface area (Å²) in [5.41, 5.74) is 3.40. The maximum atomic E-state index is 12.4. The van der Waals surface area contributed by atoms with Gasteiger partial charge in [0.1, 0.15) is 18.0 Å². The highest BCUT2D eigenvalue weighted by atomic mass is 35.5. The highest BCUT2D eigenvalue weighted by molar-refractivity contribution is 5.96. The number of hydrogen-bond donors (Lipinski definition) is 2. The minimum atomic E-state index is -0.130. The van der Waals surface area contributed by atoms with Crippen molar-refractivity contribution in [2.75, 3.05) is 19.6 Å². The molecule has 0 saturated heterocycles. The Hall–Kier alpha value is -2.28. The van der Waals surface area contributed by atoms with Gasteiger partial charge in [-0.15, -0.1) is 24.8 Å². The summed E-state index contributed by atoms with van der Waals surface area (Å²) in [6.07, 6.45) is 5.05. The van der Waals surface area contributed by atoms with Gasteiger partial charge >= 0.3 is 0 Å². The van der Waals surface area contributed by atoms with Crippen LogP contribution in [0.5, 0.6) is 5.75 Å². The van der Waals surface area contributed by atoms with Crippen LogP contribution in [0.4, 0.5) is 0 Å². The second-order valence-corrected chi connectivity index (χ2v) is 6.49. The van der Waals surface area contributed by atoms with E-state index in [9.17, 15) is 4.79 Å². The van der Waals surface area contributed by atoms with Crippen molar-refractivity contribution in [3.8, 4) is 5.75 Å². The van der Waals surface area contributed by atoms with Crippen molar-refractivity contribution in [1.29, 1.82) is 0 Å². The van der Waals surface area contributed by atoms with Crippen molar-refractivity contribution >= 4 is 36.4 Å². The third kappa shape index (κ3) is 6.92. The predicted octanol–water partition coefficient (Wildman–Crippen LogP) is 3.79. The van der Waals surface area contributed by atoms with E-state index in [0.29, 0.717) is 24.5 Å². The molecule has 0 aliphatic carbocycles. The highest BCUT2D eigenvalue weighted by Crippen LogP contribution is 2.19. The van der Waals surface area contributed by atoms with Gasteiger partial charge in [-0.1, -0.05) is 25.1 Å². The zero-order valence-electron chi connectivity index (χ0n) is 16.7. The molecule has 3 aromatic rings. The van der Waals surface area contributed by atoms with E-state index < -0.39 is 0 Å². The number of amides is 1. The lowest BCUT2D eigenvalue weighted by molar-refractivity contribution is 0.0949. The van der Waals surface area contributed by atoms with Gasteiger partial charge in [-0.25, -0.2) is 4.98 Å². The Kier molecular flexibility index (Phi) is 10.5. The van der Waals surface area contributed by atoms with E-state index in [1.54, 1.807) is 6.07 Å². The van der Waals surface area contributed by atoms with Gasteiger partial charge in [-0.2, -0.15) is 0 Å². The number of rotatable bonds is 9. The quantitative estimate of drug-likeness (QED) is 0.498. The Morgan fingerprint density at radius 1 is 1.07 bits per heavy atom. The Labute approximate surface area is 183 Å². The van der Waals surface area contributed by atoms with Crippen LogP contribution in [0.15, 0.2) is 48.8 Å². The van der Waals surface area contributed by atoms with E-state index in [2.05, 4.69) is 22.5 Å². The van der Waals surface area contributed by atoms with Gasteiger partial charge in [0.15, 0.2) is 0 Å². The largest absolute Gasteiger partial charge is 0.486 e. The summed E-state index contributed by atoms with van der Waals surface area (Å²) in [4.78, 5) is 17.0. The lowest BCUT2D eigenvalue weighted by atomic mass is 10.2. The SMILES string of the molecule is CCCNCCNC(=O)c1ccccc1OCc1cn2cc(C)ccc2n1.Cl.Cl. The third-order valence-electron chi connectivity index (χ3n) is 4.17. The molecule has 6 nitrogen and oxygen atoms in total. The molecule has 158 valence electrons. The molecule has 0 unspecified atom stereocenters. The molecular weight excluding hydrogens is 411 g/mol. The van der Waals surface area contributed by atoms with Crippen LogP contribution in [0, 0.1) is 6.92 Å². The highest BCUT2D eigenvalue weighted by Gasteiger charge is 2.12. The molecule has 0 saturated carbocycles. The van der Waals surface area contributed by atoms with E-state index in [-0.39, 0.29) is 30.7 Å². The molecule has 2 N–H and O–H groups in total. The van der Waals surface area contributed by atoms with E-state index in [1.807, 2.05) is 54.0 Å². The lowest BCUT2D eigenvalue weighted by Gasteiger charge is -2.11. The summed E-state index contributed by atoms with van der Waals surface area (Å²) in [5, 5.41) is 6.19. The zero-order valence-corrected chi connectivity index (χ0v) is 18.3. The first-order valence-corrected chi connectivity index (χ1v) is 9.32.